The smallest absolute Gasteiger partial charge is 0.324 e. The largest absolute Gasteiger partial charge is 0.495 e. The summed E-state index contributed by atoms with van der Waals surface area (Å²) in [4.78, 5) is 51.3. The number of hydrogen-bond acceptors (Lipinski definition) is 6. The zero-order chi connectivity index (χ0) is 20.4. The fourth-order valence-corrected chi connectivity index (χ4v) is 3.33. The number of methoxy groups -OCH3 is 1. The highest BCUT2D eigenvalue weighted by Gasteiger charge is 2.39. The molecule has 2 heterocycles. The summed E-state index contributed by atoms with van der Waals surface area (Å²) in [5, 5.41) is 2.52. The van der Waals surface area contributed by atoms with Gasteiger partial charge in [-0.15, -0.1) is 0 Å². The van der Waals surface area contributed by atoms with E-state index in [1.54, 1.807) is 6.07 Å². The third-order valence-electron chi connectivity index (χ3n) is 4.85. The van der Waals surface area contributed by atoms with Gasteiger partial charge < -0.3 is 19.7 Å². The van der Waals surface area contributed by atoms with E-state index in [-0.39, 0.29) is 25.4 Å². The SMILES string of the molecule is COc1ccc(C)cc1N1C[C@@H](C(=O)O[C@@H](C)C(=O)N2CCNC2=O)CC1=O. The van der Waals surface area contributed by atoms with E-state index in [0.29, 0.717) is 18.0 Å². The molecule has 2 aliphatic heterocycles. The van der Waals surface area contributed by atoms with Gasteiger partial charge in [-0.3, -0.25) is 19.3 Å². The van der Waals surface area contributed by atoms with E-state index in [0.717, 1.165) is 10.5 Å². The van der Waals surface area contributed by atoms with E-state index in [9.17, 15) is 19.2 Å². The summed E-state index contributed by atoms with van der Waals surface area (Å²) in [6.45, 7) is 4.07. The average Bonchev–Trinajstić information content (AvgIpc) is 3.26. The van der Waals surface area contributed by atoms with Crippen LogP contribution in [0.15, 0.2) is 18.2 Å². The van der Waals surface area contributed by atoms with Crippen molar-refractivity contribution in [2.75, 3.05) is 31.6 Å². The first-order chi connectivity index (χ1) is 13.3. The van der Waals surface area contributed by atoms with Gasteiger partial charge in [-0.05, 0) is 31.5 Å². The lowest BCUT2D eigenvalue weighted by atomic mass is 10.1. The number of carbonyl (C=O) groups is 4. The number of carbonyl (C=O) groups excluding carboxylic acids is 4. The molecule has 2 atom stereocenters. The van der Waals surface area contributed by atoms with Crippen LogP contribution in [0.5, 0.6) is 5.75 Å². The van der Waals surface area contributed by atoms with Crippen molar-refractivity contribution in [3.05, 3.63) is 23.8 Å². The molecule has 0 aromatic heterocycles. The van der Waals surface area contributed by atoms with Crippen LogP contribution < -0.4 is 15.0 Å². The predicted molar refractivity (Wildman–Crippen MR) is 98.9 cm³/mol. The first kappa shape index (κ1) is 19.7. The van der Waals surface area contributed by atoms with Gasteiger partial charge in [-0.2, -0.15) is 0 Å². The summed E-state index contributed by atoms with van der Waals surface area (Å²) in [5.41, 5.74) is 1.55. The second-order valence-electron chi connectivity index (χ2n) is 6.88. The molecule has 0 bridgehead atoms. The highest BCUT2D eigenvalue weighted by molar-refractivity contribution is 6.01. The van der Waals surface area contributed by atoms with Crippen LogP contribution in [0.3, 0.4) is 0 Å². The van der Waals surface area contributed by atoms with Gasteiger partial charge in [0, 0.05) is 26.1 Å². The molecular weight excluding hydrogens is 366 g/mol. The van der Waals surface area contributed by atoms with Gasteiger partial charge in [0.2, 0.25) is 5.91 Å². The molecule has 2 fully saturated rings. The third-order valence-corrected chi connectivity index (χ3v) is 4.85. The van der Waals surface area contributed by atoms with Gasteiger partial charge >= 0.3 is 12.0 Å². The molecule has 1 aromatic carbocycles. The Hall–Kier alpha value is -3.10. The number of urea groups is 1. The molecule has 9 heteroatoms. The molecule has 0 radical (unpaired) electrons. The van der Waals surface area contributed by atoms with Crippen LogP contribution in [0.1, 0.15) is 18.9 Å². The number of hydrogen-bond donors (Lipinski definition) is 1. The number of nitrogens with one attached hydrogen (secondary N) is 1. The Morgan fingerprint density at radius 3 is 2.68 bits per heavy atom. The molecule has 2 saturated heterocycles. The van der Waals surface area contributed by atoms with Crippen molar-refractivity contribution in [1.82, 2.24) is 10.2 Å². The van der Waals surface area contributed by atoms with Crippen LogP contribution in [0.2, 0.25) is 0 Å². The second-order valence-corrected chi connectivity index (χ2v) is 6.88. The molecule has 0 saturated carbocycles. The summed E-state index contributed by atoms with van der Waals surface area (Å²) in [7, 11) is 1.52. The maximum Gasteiger partial charge on any atom is 0.324 e. The number of ether oxygens (including phenoxy) is 2. The van der Waals surface area contributed by atoms with E-state index < -0.39 is 29.9 Å². The molecular formula is C19H23N3O6. The van der Waals surface area contributed by atoms with Crippen molar-refractivity contribution in [1.29, 1.82) is 0 Å². The summed E-state index contributed by atoms with van der Waals surface area (Å²) >= 11 is 0. The summed E-state index contributed by atoms with van der Waals surface area (Å²) in [5.74, 6) is -1.59. The summed E-state index contributed by atoms with van der Waals surface area (Å²) in [6.07, 6.45) is -1.12. The zero-order valence-corrected chi connectivity index (χ0v) is 16.1. The van der Waals surface area contributed by atoms with Crippen LogP contribution in [0.25, 0.3) is 0 Å². The quantitative estimate of drug-likeness (QED) is 0.748. The van der Waals surface area contributed by atoms with Crippen LogP contribution in [-0.2, 0) is 19.1 Å². The fourth-order valence-electron chi connectivity index (χ4n) is 3.33. The van der Waals surface area contributed by atoms with Crippen LogP contribution in [0, 0.1) is 12.8 Å². The Balaban J connectivity index is 1.66. The average molecular weight is 389 g/mol. The van der Waals surface area contributed by atoms with Gasteiger partial charge in [-0.1, -0.05) is 6.07 Å². The van der Waals surface area contributed by atoms with Gasteiger partial charge in [0.05, 0.1) is 18.7 Å². The van der Waals surface area contributed by atoms with Crippen molar-refractivity contribution in [3.63, 3.8) is 0 Å². The molecule has 9 nitrogen and oxygen atoms in total. The Morgan fingerprint density at radius 1 is 1.29 bits per heavy atom. The van der Waals surface area contributed by atoms with Crippen molar-refractivity contribution in [2.45, 2.75) is 26.4 Å². The Labute approximate surface area is 162 Å². The molecule has 150 valence electrons. The topological polar surface area (TPSA) is 105 Å². The van der Waals surface area contributed by atoms with E-state index in [1.165, 1.54) is 18.9 Å². The van der Waals surface area contributed by atoms with Crippen molar-refractivity contribution < 1.29 is 28.7 Å². The number of benzene rings is 1. The number of rotatable bonds is 5. The fraction of sp³-hybridized carbons (Fsp3) is 0.474. The van der Waals surface area contributed by atoms with Gasteiger partial charge in [0.25, 0.3) is 5.91 Å². The normalized spacial score (nSPS) is 20.2. The Morgan fingerprint density at radius 2 is 2.04 bits per heavy atom. The standard InChI is InChI=1S/C19H23N3O6/c1-11-4-5-15(27-3)14(8-11)22-10-13(9-16(22)23)18(25)28-12(2)17(24)21-7-6-20-19(21)26/h4-5,8,12-13H,6-7,9-10H2,1-3H3,(H,20,26)/t12-,13-/m0/s1. The second kappa shape index (κ2) is 7.87. The van der Waals surface area contributed by atoms with Crippen LogP contribution in [0.4, 0.5) is 10.5 Å². The van der Waals surface area contributed by atoms with Crippen LogP contribution in [-0.4, -0.2) is 61.6 Å². The molecule has 3 rings (SSSR count). The molecule has 1 N–H and O–H groups in total. The highest BCUT2D eigenvalue weighted by atomic mass is 16.5. The van der Waals surface area contributed by atoms with E-state index in [2.05, 4.69) is 5.32 Å². The van der Waals surface area contributed by atoms with E-state index in [1.807, 2.05) is 19.1 Å². The first-order valence-corrected chi connectivity index (χ1v) is 9.06. The Bertz CT molecular complexity index is 824. The summed E-state index contributed by atoms with van der Waals surface area (Å²) < 4.78 is 10.6. The van der Waals surface area contributed by atoms with Gasteiger partial charge in [0.1, 0.15) is 5.75 Å². The molecule has 2 aliphatic rings. The zero-order valence-electron chi connectivity index (χ0n) is 16.1. The molecule has 0 aliphatic carbocycles. The molecule has 28 heavy (non-hydrogen) atoms. The minimum Gasteiger partial charge on any atom is -0.495 e. The number of amides is 4. The molecule has 1 aromatic rings. The van der Waals surface area contributed by atoms with Gasteiger partial charge in [-0.25, -0.2) is 4.79 Å². The maximum atomic E-state index is 12.5. The maximum absolute atomic E-state index is 12.5. The monoisotopic (exact) mass is 389 g/mol. The predicted octanol–water partition coefficient (Wildman–Crippen LogP) is 0.840. The van der Waals surface area contributed by atoms with Crippen molar-refractivity contribution in [2.24, 2.45) is 5.92 Å². The molecule has 4 amide bonds. The number of esters is 1. The number of aryl methyl sites for hydroxylation is 1. The molecule has 0 unspecified atom stereocenters. The number of anilines is 1. The Kier molecular flexibility index (Phi) is 5.53. The lowest BCUT2D eigenvalue weighted by Gasteiger charge is -2.21. The van der Waals surface area contributed by atoms with E-state index in [4.69, 9.17) is 9.47 Å². The number of nitrogens with zero attached hydrogens (tertiary/aromatic N) is 2. The number of imide groups is 1. The highest BCUT2D eigenvalue weighted by Crippen LogP contribution is 2.34. The van der Waals surface area contributed by atoms with Crippen molar-refractivity contribution in [3.8, 4) is 5.75 Å². The van der Waals surface area contributed by atoms with Gasteiger partial charge in [0.15, 0.2) is 6.10 Å². The lowest BCUT2D eigenvalue weighted by molar-refractivity contribution is -0.160. The minimum absolute atomic E-state index is 0.0129. The minimum atomic E-state index is -1.10. The van der Waals surface area contributed by atoms with Crippen molar-refractivity contribution >= 4 is 29.5 Å². The van der Waals surface area contributed by atoms with Crippen LogP contribution >= 0.6 is 0 Å². The lowest BCUT2D eigenvalue weighted by Crippen LogP contribution is -2.42. The third kappa shape index (κ3) is 3.78. The first-order valence-electron chi connectivity index (χ1n) is 9.06. The summed E-state index contributed by atoms with van der Waals surface area (Å²) in [6, 6.07) is 4.96. The van der Waals surface area contributed by atoms with E-state index >= 15 is 0 Å². The molecule has 0 spiro atoms.